The lowest BCUT2D eigenvalue weighted by Crippen LogP contribution is -2.41. The lowest BCUT2D eigenvalue weighted by molar-refractivity contribution is 0.187. The number of amides is 2. The van der Waals surface area contributed by atoms with Gasteiger partial charge in [-0.3, -0.25) is 0 Å². The van der Waals surface area contributed by atoms with Crippen LogP contribution in [0.5, 0.6) is 17.4 Å². The van der Waals surface area contributed by atoms with Gasteiger partial charge in [0, 0.05) is 25.7 Å². The van der Waals surface area contributed by atoms with Crippen molar-refractivity contribution in [3.05, 3.63) is 60.2 Å². The fraction of sp³-hybridized carbons (Fsp3) is 0.385. The molecule has 1 aromatic heterocycles. The first-order valence-corrected chi connectivity index (χ1v) is 11.4. The molecule has 0 atom stereocenters. The van der Waals surface area contributed by atoms with Crippen LogP contribution < -0.4 is 14.8 Å². The molecule has 1 heterocycles. The Kier molecular flexibility index (Phi) is 8.35. The van der Waals surface area contributed by atoms with Crippen LogP contribution >= 0.6 is 0 Å². The molecule has 1 N–H and O–H groups in total. The Morgan fingerprint density at radius 1 is 1.09 bits per heavy atom. The summed E-state index contributed by atoms with van der Waals surface area (Å²) in [6.45, 7) is 7.88. The quantitative estimate of drug-likeness (QED) is 0.445. The summed E-state index contributed by atoms with van der Waals surface area (Å²) < 4.78 is 13.5. The first kappa shape index (κ1) is 24.2. The van der Waals surface area contributed by atoms with Crippen molar-refractivity contribution >= 4 is 6.03 Å². The van der Waals surface area contributed by atoms with E-state index in [4.69, 9.17) is 14.6 Å². The van der Waals surface area contributed by atoms with Crippen molar-refractivity contribution in [2.75, 3.05) is 20.2 Å². The average Bonchev–Trinajstić information content (AvgIpc) is 3.12. The summed E-state index contributed by atoms with van der Waals surface area (Å²) in [4.78, 5) is 14.8. The number of carbonyl (C=O) groups excluding carboxylic acids is 1. The summed E-state index contributed by atoms with van der Waals surface area (Å²) in [6, 6.07) is 17.4. The second-order valence-electron chi connectivity index (χ2n) is 8.38. The Bertz CT molecular complexity index is 1050. The maximum Gasteiger partial charge on any atom is 0.317 e. The fourth-order valence-corrected chi connectivity index (χ4v) is 3.65. The topological polar surface area (TPSA) is 68.6 Å². The number of hydrogen-bond donors (Lipinski definition) is 1. The van der Waals surface area contributed by atoms with E-state index in [2.05, 4.69) is 19.2 Å². The highest BCUT2D eigenvalue weighted by Crippen LogP contribution is 2.37. The summed E-state index contributed by atoms with van der Waals surface area (Å²) in [5.74, 6) is 2.11. The van der Waals surface area contributed by atoms with Crippen LogP contribution in [0.4, 0.5) is 4.79 Å². The van der Waals surface area contributed by atoms with Crippen LogP contribution in [-0.4, -0.2) is 40.9 Å². The maximum absolute atomic E-state index is 13.0. The molecule has 0 saturated carbocycles. The third-order valence-corrected chi connectivity index (χ3v) is 5.16. The predicted octanol–water partition coefficient (Wildman–Crippen LogP) is 5.47. The van der Waals surface area contributed by atoms with Crippen LogP contribution in [0.3, 0.4) is 0 Å². The number of aryl methyl sites for hydroxylation is 1. The maximum atomic E-state index is 13.0. The molecule has 0 aliphatic heterocycles. The third kappa shape index (κ3) is 6.06. The number of urea groups is 1. The Morgan fingerprint density at radius 2 is 1.76 bits per heavy atom. The minimum atomic E-state index is -0.0864. The van der Waals surface area contributed by atoms with E-state index in [0.717, 1.165) is 23.2 Å². The largest absolute Gasteiger partial charge is 0.493 e. The zero-order valence-corrected chi connectivity index (χ0v) is 20.2. The van der Waals surface area contributed by atoms with Crippen molar-refractivity contribution in [3.8, 4) is 28.6 Å². The van der Waals surface area contributed by atoms with Crippen LogP contribution in [0.25, 0.3) is 11.3 Å². The number of para-hydroxylation sites is 2. The number of hydrogen-bond acceptors (Lipinski definition) is 4. The van der Waals surface area contributed by atoms with Gasteiger partial charge in [0.15, 0.2) is 11.5 Å². The summed E-state index contributed by atoms with van der Waals surface area (Å²) in [5, 5.41) is 7.79. The normalized spacial score (nSPS) is 10.8. The number of aromatic nitrogens is 2. The van der Waals surface area contributed by atoms with E-state index in [9.17, 15) is 4.79 Å². The van der Waals surface area contributed by atoms with Crippen molar-refractivity contribution in [3.63, 3.8) is 0 Å². The summed E-state index contributed by atoms with van der Waals surface area (Å²) in [6.07, 6.45) is 0.881. The van der Waals surface area contributed by atoms with Crippen molar-refractivity contribution in [2.24, 2.45) is 13.0 Å². The van der Waals surface area contributed by atoms with Gasteiger partial charge in [-0.15, -0.1) is 0 Å². The highest BCUT2D eigenvalue weighted by atomic mass is 16.5. The van der Waals surface area contributed by atoms with Gasteiger partial charge < -0.3 is 19.7 Å². The van der Waals surface area contributed by atoms with E-state index in [1.807, 2.05) is 73.5 Å². The SMILES string of the molecule is CCCNC(=O)N(Cc1c(-c2ccccc2)nn(C)c1Oc1ccccc1OC)CC(C)C. The van der Waals surface area contributed by atoms with E-state index in [1.165, 1.54) is 0 Å². The van der Waals surface area contributed by atoms with Crippen LogP contribution in [-0.2, 0) is 13.6 Å². The molecule has 176 valence electrons. The molecule has 0 unspecified atom stereocenters. The summed E-state index contributed by atoms with van der Waals surface area (Å²) in [5.41, 5.74) is 2.61. The number of ether oxygens (including phenoxy) is 2. The molecule has 3 aromatic rings. The Balaban J connectivity index is 2.06. The smallest absolute Gasteiger partial charge is 0.317 e. The molecule has 33 heavy (non-hydrogen) atoms. The number of carbonyl (C=O) groups is 1. The van der Waals surface area contributed by atoms with E-state index in [0.29, 0.717) is 42.9 Å². The molecule has 0 spiro atoms. The Labute approximate surface area is 196 Å². The molecule has 0 saturated heterocycles. The first-order valence-electron chi connectivity index (χ1n) is 11.4. The number of methoxy groups -OCH3 is 1. The minimum absolute atomic E-state index is 0.0864. The van der Waals surface area contributed by atoms with Gasteiger partial charge in [-0.05, 0) is 24.5 Å². The molecule has 0 aliphatic rings. The molecule has 7 nitrogen and oxygen atoms in total. The van der Waals surface area contributed by atoms with E-state index < -0.39 is 0 Å². The fourth-order valence-electron chi connectivity index (χ4n) is 3.65. The molecular formula is C26H34N4O3. The third-order valence-electron chi connectivity index (χ3n) is 5.16. The molecule has 0 radical (unpaired) electrons. The molecule has 2 amide bonds. The molecule has 0 aliphatic carbocycles. The van der Waals surface area contributed by atoms with E-state index in [1.54, 1.807) is 11.8 Å². The van der Waals surface area contributed by atoms with Crippen molar-refractivity contribution in [2.45, 2.75) is 33.7 Å². The lowest BCUT2D eigenvalue weighted by atomic mass is 10.1. The Morgan fingerprint density at radius 3 is 2.39 bits per heavy atom. The van der Waals surface area contributed by atoms with Gasteiger partial charge in [-0.2, -0.15) is 5.10 Å². The summed E-state index contributed by atoms with van der Waals surface area (Å²) >= 11 is 0. The molecule has 0 fully saturated rings. The van der Waals surface area contributed by atoms with Gasteiger partial charge in [-0.25, -0.2) is 9.48 Å². The highest BCUT2D eigenvalue weighted by Gasteiger charge is 2.25. The highest BCUT2D eigenvalue weighted by molar-refractivity contribution is 5.75. The van der Waals surface area contributed by atoms with E-state index in [-0.39, 0.29) is 6.03 Å². The second-order valence-corrected chi connectivity index (χ2v) is 8.38. The number of rotatable bonds is 10. The van der Waals surface area contributed by atoms with Crippen molar-refractivity contribution in [1.29, 1.82) is 0 Å². The molecular weight excluding hydrogens is 416 g/mol. The minimum Gasteiger partial charge on any atom is -0.493 e. The monoisotopic (exact) mass is 450 g/mol. The van der Waals surface area contributed by atoms with Gasteiger partial charge in [0.05, 0.1) is 19.2 Å². The predicted molar refractivity (Wildman–Crippen MR) is 131 cm³/mol. The number of nitrogens with zero attached hydrogens (tertiary/aromatic N) is 3. The number of benzene rings is 2. The van der Waals surface area contributed by atoms with Crippen molar-refractivity contribution in [1.82, 2.24) is 20.0 Å². The zero-order valence-electron chi connectivity index (χ0n) is 20.2. The summed E-state index contributed by atoms with van der Waals surface area (Å²) in [7, 11) is 3.47. The Hall–Kier alpha value is -3.48. The average molecular weight is 451 g/mol. The lowest BCUT2D eigenvalue weighted by Gasteiger charge is -2.25. The van der Waals surface area contributed by atoms with Gasteiger partial charge in [0.2, 0.25) is 5.88 Å². The molecule has 2 aromatic carbocycles. The van der Waals surface area contributed by atoms with Gasteiger partial charge in [0.1, 0.15) is 5.69 Å². The second kappa shape index (κ2) is 11.4. The molecule has 0 bridgehead atoms. The van der Waals surface area contributed by atoms with Crippen LogP contribution in [0.1, 0.15) is 32.8 Å². The van der Waals surface area contributed by atoms with Crippen molar-refractivity contribution < 1.29 is 14.3 Å². The van der Waals surface area contributed by atoms with Crippen LogP contribution in [0, 0.1) is 5.92 Å². The van der Waals surface area contributed by atoms with Gasteiger partial charge >= 0.3 is 6.03 Å². The van der Waals surface area contributed by atoms with E-state index >= 15 is 0 Å². The standard InChI is InChI=1S/C26H34N4O3/c1-6-16-27-26(31)30(17-19(2)3)18-21-24(20-12-8-7-9-13-20)28-29(4)25(21)33-23-15-11-10-14-22(23)32-5/h7-15,19H,6,16-18H2,1-5H3,(H,27,31). The zero-order chi connectivity index (χ0) is 23.8. The molecule has 7 heteroatoms. The number of nitrogens with one attached hydrogen (secondary N) is 1. The van der Waals surface area contributed by atoms with Gasteiger partial charge in [-0.1, -0.05) is 63.2 Å². The first-order chi connectivity index (χ1) is 15.9. The van der Waals surface area contributed by atoms with Crippen LogP contribution in [0.2, 0.25) is 0 Å². The van der Waals surface area contributed by atoms with Gasteiger partial charge in [0.25, 0.3) is 0 Å². The molecule has 3 rings (SSSR count). The van der Waals surface area contributed by atoms with Crippen LogP contribution in [0.15, 0.2) is 54.6 Å².